The fraction of sp³-hybridized carbons (Fsp3) is 0.438. The van der Waals surface area contributed by atoms with Crippen LogP contribution in [-0.4, -0.2) is 31.1 Å². The predicted octanol–water partition coefficient (Wildman–Crippen LogP) is 2.85. The SMILES string of the molecule is CC(C)(C)N1CC(/C(=C\F)CN)Oc2ccc(NC=O)cc21.Cl. The number of fused-ring (bicyclic) bond motifs is 1. The minimum Gasteiger partial charge on any atom is -0.482 e. The molecule has 0 aliphatic carbocycles. The monoisotopic (exact) mass is 343 g/mol. The van der Waals surface area contributed by atoms with E-state index in [0.717, 1.165) is 5.69 Å². The highest BCUT2D eigenvalue weighted by Gasteiger charge is 2.34. The van der Waals surface area contributed by atoms with Gasteiger partial charge >= 0.3 is 0 Å². The van der Waals surface area contributed by atoms with E-state index in [-0.39, 0.29) is 24.5 Å². The maximum atomic E-state index is 13.0. The summed E-state index contributed by atoms with van der Waals surface area (Å²) in [6.07, 6.45) is 0.735. The lowest BCUT2D eigenvalue weighted by Crippen LogP contribution is -2.51. The molecule has 2 rings (SSSR count). The standard InChI is InChI=1S/C16H22FN3O2.ClH/c1-16(2,3)20-9-15(11(7-17)8-18)22-14-5-4-12(19-10-21)6-13(14)20;/h4-7,10,15H,8-9,18H2,1-3H3,(H,19,21);1H/b11-7-;. The van der Waals surface area contributed by atoms with Crippen LogP contribution in [0.1, 0.15) is 20.8 Å². The first-order valence-corrected chi connectivity index (χ1v) is 7.18. The first-order chi connectivity index (χ1) is 10.4. The Morgan fingerprint density at radius 1 is 1.52 bits per heavy atom. The van der Waals surface area contributed by atoms with E-state index < -0.39 is 6.10 Å². The minimum atomic E-state index is -0.424. The molecule has 5 nitrogen and oxygen atoms in total. The Hall–Kier alpha value is -1.79. The van der Waals surface area contributed by atoms with Crippen LogP contribution in [-0.2, 0) is 4.79 Å². The molecule has 0 saturated heterocycles. The second-order valence-corrected chi connectivity index (χ2v) is 6.22. The minimum absolute atomic E-state index is 0. The molecule has 0 spiro atoms. The number of carbonyl (C=O) groups excluding carboxylic acids is 1. The Morgan fingerprint density at radius 3 is 2.74 bits per heavy atom. The number of carbonyl (C=O) groups is 1. The van der Waals surface area contributed by atoms with Gasteiger partial charge in [0, 0.05) is 23.3 Å². The van der Waals surface area contributed by atoms with Gasteiger partial charge in [-0.25, -0.2) is 4.39 Å². The van der Waals surface area contributed by atoms with Crippen LogP contribution in [0, 0.1) is 0 Å². The zero-order valence-electron chi connectivity index (χ0n) is 13.5. The summed E-state index contributed by atoms with van der Waals surface area (Å²) in [5, 5.41) is 2.63. The highest BCUT2D eigenvalue weighted by Crippen LogP contribution is 2.40. The van der Waals surface area contributed by atoms with Crippen LogP contribution in [0.15, 0.2) is 30.1 Å². The summed E-state index contributed by atoms with van der Waals surface area (Å²) in [5.74, 6) is 0.649. The van der Waals surface area contributed by atoms with Crippen molar-refractivity contribution in [3.05, 3.63) is 30.1 Å². The van der Waals surface area contributed by atoms with Crippen LogP contribution in [0.4, 0.5) is 15.8 Å². The highest BCUT2D eigenvalue weighted by atomic mass is 35.5. The molecular formula is C16H23ClFN3O2. The predicted molar refractivity (Wildman–Crippen MR) is 93.1 cm³/mol. The average molecular weight is 344 g/mol. The zero-order chi connectivity index (χ0) is 16.3. The first-order valence-electron chi connectivity index (χ1n) is 7.18. The molecule has 1 aliphatic rings. The van der Waals surface area contributed by atoms with E-state index in [4.69, 9.17) is 10.5 Å². The van der Waals surface area contributed by atoms with Crippen LogP contribution < -0.4 is 20.7 Å². The van der Waals surface area contributed by atoms with Crippen molar-refractivity contribution in [3.8, 4) is 5.75 Å². The lowest BCUT2D eigenvalue weighted by atomic mass is 9.99. The van der Waals surface area contributed by atoms with Gasteiger partial charge in [-0.2, -0.15) is 0 Å². The van der Waals surface area contributed by atoms with E-state index in [0.29, 0.717) is 36.3 Å². The molecule has 7 heteroatoms. The first kappa shape index (κ1) is 19.3. The summed E-state index contributed by atoms with van der Waals surface area (Å²) in [4.78, 5) is 12.8. The molecule has 3 N–H and O–H groups in total. The topological polar surface area (TPSA) is 67.6 Å². The molecule has 0 bridgehead atoms. The molecule has 1 heterocycles. The maximum Gasteiger partial charge on any atom is 0.211 e. The number of ether oxygens (including phenoxy) is 1. The van der Waals surface area contributed by atoms with Crippen LogP contribution in [0.3, 0.4) is 0 Å². The Labute approximate surface area is 142 Å². The van der Waals surface area contributed by atoms with Crippen molar-refractivity contribution in [2.75, 3.05) is 23.3 Å². The van der Waals surface area contributed by atoms with E-state index in [1.165, 1.54) is 0 Å². The number of rotatable bonds is 4. The van der Waals surface area contributed by atoms with Gasteiger partial charge in [0.25, 0.3) is 0 Å². The molecule has 0 saturated carbocycles. The molecule has 23 heavy (non-hydrogen) atoms. The maximum absolute atomic E-state index is 13.0. The molecule has 0 fully saturated rings. The summed E-state index contributed by atoms with van der Waals surface area (Å²) in [5.41, 5.74) is 7.39. The second kappa shape index (κ2) is 7.66. The molecule has 1 aromatic carbocycles. The van der Waals surface area contributed by atoms with Gasteiger partial charge in [-0.3, -0.25) is 4.79 Å². The van der Waals surface area contributed by atoms with E-state index in [1.807, 2.05) is 6.07 Å². The molecule has 1 atom stereocenters. The summed E-state index contributed by atoms with van der Waals surface area (Å²) in [6, 6.07) is 5.38. The van der Waals surface area contributed by atoms with Gasteiger partial charge in [0.1, 0.15) is 11.9 Å². The van der Waals surface area contributed by atoms with Crippen molar-refractivity contribution in [2.24, 2.45) is 5.73 Å². The number of nitrogens with two attached hydrogens (primary N) is 1. The third-order valence-electron chi connectivity index (χ3n) is 3.69. The quantitative estimate of drug-likeness (QED) is 0.825. The third kappa shape index (κ3) is 4.14. The Balaban J connectivity index is 0.00000264. The van der Waals surface area contributed by atoms with Gasteiger partial charge in [0.15, 0.2) is 0 Å². The van der Waals surface area contributed by atoms with Gasteiger partial charge in [-0.05, 0) is 39.0 Å². The molecule has 0 aromatic heterocycles. The summed E-state index contributed by atoms with van der Waals surface area (Å²) in [6.45, 7) is 6.81. The normalized spacial score (nSPS) is 17.7. The molecule has 1 aliphatic heterocycles. The van der Waals surface area contributed by atoms with Gasteiger partial charge < -0.3 is 20.7 Å². The van der Waals surface area contributed by atoms with E-state index in [1.54, 1.807) is 12.1 Å². The Kier molecular flexibility index (Phi) is 6.41. The molecule has 0 radical (unpaired) electrons. The van der Waals surface area contributed by atoms with Gasteiger partial charge in [-0.1, -0.05) is 0 Å². The van der Waals surface area contributed by atoms with Gasteiger partial charge in [0.05, 0.1) is 18.6 Å². The number of halogens is 2. The number of nitrogens with zero attached hydrogens (tertiary/aromatic N) is 1. The number of nitrogens with one attached hydrogen (secondary N) is 1. The van der Waals surface area contributed by atoms with E-state index in [2.05, 4.69) is 31.0 Å². The average Bonchev–Trinajstić information content (AvgIpc) is 2.47. The van der Waals surface area contributed by atoms with Crippen molar-refractivity contribution in [2.45, 2.75) is 32.4 Å². The molecule has 1 aromatic rings. The Bertz CT molecular complexity index is 587. The van der Waals surface area contributed by atoms with Gasteiger partial charge in [-0.15, -0.1) is 12.4 Å². The number of anilines is 2. The highest BCUT2D eigenvalue weighted by molar-refractivity contribution is 5.85. The second-order valence-electron chi connectivity index (χ2n) is 6.22. The number of hydrogen-bond acceptors (Lipinski definition) is 4. The van der Waals surface area contributed by atoms with Crippen molar-refractivity contribution in [3.63, 3.8) is 0 Å². The number of hydrogen-bond donors (Lipinski definition) is 2. The fourth-order valence-corrected chi connectivity index (χ4v) is 2.51. The molecule has 128 valence electrons. The lowest BCUT2D eigenvalue weighted by Gasteiger charge is -2.44. The fourth-order valence-electron chi connectivity index (χ4n) is 2.51. The van der Waals surface area contributed by atoms with Crippen molar-refractivity contribution >= 4 is 30.2 Å². The van der Waals surface area contributed by atoms with E-state index >= 15 is 0 Å². The van der Waals surface area contributed by atoms with Crippen molar-refractivity contribution in [1.82, 2.24) is 0 Å². The summed E-state index contributed by atoms with van der Waals surface area (Å²) < 4.78 is 18.9. The molecule has 1 unspecified atom stereocenters. The molecule has 1 amide bonds. The van der Waals surface area contributed by atoms with Crippen LogP contribution in [0.25, 0.3) is 0 Å². The van der Waals surface area contributed by atoms with E-state index in [9.17, 15) is 9.18 Å². The number of benzene rings is 1. The van der Waals surface area contributed by atoms with Crippen LogP contribution >= 0.6 is 12.4 Å². The van der Waals surface area contributed by atoms with Gasteiger partial charge in [0.2, 0.25) is 6.41 Å². The van der Waals surface area contributed by atoms with Crippen molar-refractivity contribution < 1.29 is 13.9 Å². The largest absolute Gasteiger partial charge is 0.482 e. The Morgan fingerprint density at radius 2 is 2.22 bits per heavy atom. The third-order valence-corrected chi connectivity index (χ3v) is 3.69. The summed E-state index contributed by atoms with van der Waals surface area (Å²) >= 11 is 0. The lowest BCUT2D eigenvalue weighted by molar-refractivity contribution is -0.105. The molecular weight excluding hydrogens is 321 g/mol. The van der Waals surface area contributed by atoms with Crippen LogP contribution in [0.2, 0.25) is 0 Å². The number of amides is 1. The van der Waals surface area contributed by atoms with Crippen molar-refractivity contribution in [1.29, 1.82) is 0 Å². The smallest absolute Gasteiger partial charge is 0.211 e. The summed E-state index contributed by atoms with van der Waals surface area (Å²) in [7, 11) is 0. The van der Waals surface area contributed by atoms with Crippen LogP contribution in [0.5, 0.6) is 5.75 Å². The zero-order valence-corrected chi connectivity index (χ0v) is 14.3.